The van der Waals surface area contributed by atoms with Gasteiger partial charge in [0.15, 0.2) is 5.88 Å². The lowest BCUT2D eigenvalue weighted by Crippen LogP contribution is -2.46. The fraction of sp³-hybridized carbons (Fsp3) is 0.765. The minimum Gasteiger partial charge on any atom is -0.472 e. The summed E-state index contributed by atoms with van der Waals surface area (Å²) in [5, 5.41) is 3.39. The van der Waals surface area contributed by atoms with Gasteiger partial charge in [-0.05, 0) is 26.7 Å². The molecule has 0 amide bonds. The van der Waals surface area contributed by atoms with E-state index in [1.165, 1.54) is 5.57 Å². The minimum absolute atomic E-state index is 0.0555. The third-order valence-corrected chi connectivity index (χ3v) is 4.01. The number of nitrogens with one attached hydrogen (secondary N) is 1. The van der Waals surface area contributed by atoms with Gasteiger partial charge >= 0.3 is 0 Å². The first kappa shape index (κ1) is 15.4. The van der Waals surface area contributed by atoms with Crippen molar-refractivity contribution in [1.29, 1.82) is 0 Å². The number of rotatable bonds is 6. The SMILES string of the molecule is CCCC1(CCC)CC(OC(C)C)C2=C(NCC=C2)O1. The molecule has 0 aromatic heterocycles. The Labute approximate surface area is 123 Å². The molecular weight excluding hydrogens is 250 g/mol. The highest BCUT2D eigenvalue weighted by atomic mass is 16.5. The van der Waals surface area contributed by atoms with Crippen LogP contribution in [0.1, 0.15) is 59.8 Å². The van der Waals surface area contributed by atoms with Crippen LogP contribution in [0.2, 0.25) is 0 Å². The van der Waals surface area contributed by atoms with Crippen molar-refractivity contribution in [2.45, 2.75) is 77.6 Å². The van der Waals surface area contributed by atoms with Crippen LogP contribution in [-0.2, 0) is 9.47 Å². The molecule has 2 aliphatic heterocycles. The van der Waals surface area contributed by atoms with Gasteiger partial charge in [0.05, 0.1) is 12.2 Å². The molecule has 2 rings (SSSR count). The van der Waals surface area contributed by atoms with E-state index in [2.05, 4.69) is 45.2 Å². The van der Waals surface area contributed by atoms with Crippen molar-refractivity contribution < 1.29 is 9.47 Å². The lowest BCUT2D eigenvalue weighted by molar-refractivity contribution is -0.0963. The fourth-order valence-electron chi connectivity index (χ4n) is 3.36. The Balaban J connectivity index is 2.27. The predicted molar refractivity (Wildman–Crippen MR) is 82.4 cm³/mol. The van der Waals surface area contributed by atoms with Gasteiger partial charge in [-0.15, -0.1) is 0 Å². The van der Waals surface area contributed by atoms with E-state index in [4.69, 9.17) is 9.47 Å². The topological polar surface area (TPSA) is 30.5 Å². The fourth-order valence-corrected chi connectivity index (χ4v) is 3.36. The second-order valence-corrected chi connectivity index (χ2v) is 6.23. The standard InChI is InChI=1S/C17H29NO2/c1-5-9-17(10-6-2)12-15(19-13(3)4)14-8-7-11-18-16(14)20-17/h7-8,13,15,18H,5-6,9-12H2,1-4H3. The summed E-state index contributed by atoms with van der Waals surface area (Å²) < 4.78 is 12.6. The Morgan fingerprint density at radius 1 is 1.35 bits per heavy atom. The van der Waals surface area contributed by atoms with Crippen molar-refractivity contribution in [3.63, 3.8) is 0 Å². The van der Waals surface area contributed by atoms with Crippen LogP contribution in [0.15, 0.2) is 23.6 Å². The van der Waals surface area contributed by atoms with Crippen LogP contribution in [0.5, 0.6) is 0 Å². The van der Waals surface area contributed by atoms with E-state index in [1.807, 2.05) is 0 Å². The largest absolute Gasteiger partial charge is 0.472 e. The zero-order valence-corrected chi connectivity index (χ0v) is 13.4. The third kappa shape index (κ3) is 3.38. The lowest BCUT2D eigenvalue weighted by atomic mass is 9.82. The first-order valence-electron chi connectivity index (χ1n) is 8.09. The molecule has 0 radical (unpaired) electrons. The maximum atomic E-state index is 6.41. The molecule has 0 aliphatic carbocycles. The Bertz CT molecular complexity index is 378. The van der Waals surface area contributed by atoms with E-state index < -0.39 is 0 Å². The molecule has 1 atom stereocenters. The molecule has 1 N–H and O–H groups in total. The highest BCUT2D eigenvalue weighted by Gasteiger charge is 2.41. The molecule has 1 unspecified atom stereocenters. The number of hydrogen-bond acceptors (Lipinski definition) is 3. The summed E-state index contributed by atoms with van der Waals surface area (Å²) in [7, 11) is 0. The Kier molecular flexibility index (Phi) is 5.14. The second kappa shape index (κ2) is 6.66. The number of ether oxygens (including phenoxy) is 2. The Morgan fingerprint density at radius 3 is 2.65 bits per heavy atom. The summed E-state index contributed by atoms with van der Waals surface area (Å²) in [6.45, 7) is 9.53. The molecule has 2 heterocycles. The molecule has 2 aliphatic rings. The summed E-state index contributed by atoms with van der Waals surface area (Å²) in [6, 6.07) is 0. The van der Waals surface area contributed by atoms with Gasteiger partial charge in [0.2, 0.25) is 0 Å². The molecule has 3 nitrogen and oxygen atoms in total. The van der Waals surface area contributed by atoms with Crippen molar-refractivity contribution in [2.75, 3.05) is 6.54 Å². The van der Waals surface area contributed by atoms with Crippen molar-refractivity contribution in [3.05, 3.63) is 23.6 Å². The molecule has 20 heavy (non-hydrogen) atoms. The van der Waals surface area contributed by atoms with Crippen LogP contribution in [0.25, 0.3) is 0 Å². The molecule has 3 heteroatoms. The van der Waals surface area contributed by atoms with Crippen molar-refractivity contribution in [1.82, 2.24) is 5.32 Å². The summed E-state index contributed by atoms with van der Waals surface area (Å²) in [5.74, 6) is 0.950. The van der Waals surface area contributed by atoms with Gasteiger partial charge in [0.1, 0.15) is 5.60 Å². The highest BCUT2D eigenvalue weighted by Crippen LogP contribution is 2.40. The van der Waals surface area contributed by atoms with Crippen LogP contribution < -0.4 is 5.32 Å². The van der Waals surface area contributed by atoms with Crippen molar-refractivity contribution >= 4 is 0 Å². The molecular formula is C17H29NO2. The van der Waals surface area contributed by atoms with Gasteiger partial charge in [-0.25, -0.2) is 0 Å². The van der Waals surface area contributed by atoms with Gasteiger partial charge in [-0.2, -0.15) is 0 Å². The van der Waals surface area contributed by atoms with Crippen LogP contribution >= 0.6 is 0 Å². The molecule has 0 fully saturated rings. The number of hydrogen-bond donors (Lipinski definition) is 1. The molecule has 0 spiro atoms. The summed E-state index contributed by atoms with van der Waals surface area (Å²) in [4.78, 5) is 0. The Morgan fingerprint density at radius 2 is 2.05 bits per heavy atom. The summed E-state index contributed by atoms with van der Waals surface area (Å²) in [5.41, 5.74) is 1.13. The average Bonchev–Trinajstić information content (AvgIpc) is 2.38. The maximum absolute atomic E-state index is 6.41. The monoisotopic (exact) mass is 279 g/mol. The summed E-state index contributed by atoms with van der Waals surface area (Å²) >= 11 is 0. The third-order valence-electron chi connectivity index (χ3n) is 4.01. The lowest BCUT2D eigenvalue weighted by Gasteiger charge is -2.44. The molecule has 0 aromatic rings. The van der Waals surface area contributed by atoms with Gasteiger partial charge in [0.25, 0.3) is 0 Å². The quantitative estimate of drug-likeness (QED) is 0.799. The molecule has 114 valence electrons. The first-order chi connectivity index (χ1) is 9.60. The second-order valence-electron chi connectivity index (χ2n) is 6.23. The summed E-state index contributed by atoms with van der Waals surface area (Å²) in [6.07, 6.45) is 10.2. The molecule has 0 bridgehead atoms. The van der Waals surface area contributed by atoms with Crippen LogP contribution in [0.3, 0.4) is 0 Å². The van der Waals surface area contributed by atoms with E-state index in [0.717, 1.165) is 44.5 Å². The molecule has 0 saturated heterocycles. The zero-order valence-electron chi connectivity index (χ0n) is 13.4. The Hall–Kier alpha value is -0.960. The van der Waals surface area contributed by atoms with Crippen LogP contribution in [0, 0.1) is 0 Å². The molecule has 0 aromatic carbocycles. The van der Waals surface area contributed by atoms with E-state index >= 15 is 0 Å². The maximum Gasteiger partial charge on any atom is 0.193 e. The van der Waals surface area contributed by atoms with Crippen LogP contribution in [-0.4, -0.2) is 24.4 Å². The number of dihydropyridines is 1. The predicted octanol–water partition coefficient (Wildman–Crippen LogP) is 3.91. The highest BCUT2D eigenvalue weighted by molar-refractivity contribution is 5.32. The normalized spacial score (nSPS) is 24.4. The average molecular weight is 279 g/mol. The van der Waals surface area contributed by atoms with Crippen molar-refractivity contribution in [3.8, 4) is 0 Å². The van der Waals surface area contributed by atoms with Gasteiger partial charge in [-0.3, -0.25) is 0 Å². The van der Waals surface area contributed by atoms with E-state index in [0.29, 0.717) is 0 Å². The van der Waals surface area contributed by atoms with E-state index in [-0.39, 0.29) is 17.8 Å². The van der Waals surface area contributed by atoms with Gasteiger partial charge in [-0.1, -0.05) is 38.8 Å². The zero-order chi connectivity index (χ0) is 14.6. The minimum atomic E-state index is -0.0555. The van der Waals surface area contributed by atoms with Crippen LogP contribution in [0.4, 0.5) is 0 Å². The first-order valence-corrected chi connectivity index (χ1v) is 8.09. The molecule has 0 saturated carbocycles. The smallest absolute Gasteiger partial charge is 0.193 e. The van der Waals surface area contributed by atoms with Crippen molar-refractivity contribution in [2.24, 2.45) is 0 Å². The van der Waals surface area contributed by atoms with E-state index in [9.17, 15) is 0 Å². The van der Waals surface area contributed by atoms with E-state index in [1.54, 1.807) is 0 Å². The van der Waals surface area contributed by atoms with Gasteiger partial charge in [0, 0.05) is 18.5 Å². The van der Waals surface area contributed by atoms with Gasteiger partial charge < -0.3 is 14.8 Å².